The van der Waals surface area contributed by atoms with Crippen molar-refractivity contribution in [1.82, 2.24) is 4.90 Å². The summed E-state index contributed by atoms with van der Waals surface area (Å²) in [5, 5.41) is 2.00. The minimum atomic E-state index is -0.0674. The van der Waals surface area contributed by atoms with Crippen molar-refractivity contribution >= 4 is 28.8 Å². The van der Waals surface area contributed by atoms with E-state index in [0.29, 0.717) is 18.7 Å². The summed E-state index contributed by atoms with van der Waals surface area (Å²) in [5.74, 6) is 0.722. The van der Waals surface area contributed by atoms with Crippen molar-refractivity contribution in [1.29, 1.82) is 0 Å². The molecule has 2 aromatic rings. The van der Waals surface area contributed by atoms with E-state index in [9.17, 15) is 9.59 Å². The van der Waals surface area contributed by atoms with Crippen molar-refractivity contribution in [3.05, 3.63) is 46.7 Å². The van der Waals surface area contributed by atoms with Gasteiger partial charge in [0.2, 0.25) is 5.91 Å². The number of rotatable bonds is 6. The molecule has 0 unspecified atom stereocenters. The highest BCUT2D eigenvalue weighted by atomic mass is 32.1. The molecule has 0 saturated carbocycles. The molecule has 1 aromatic heterocycles. The number of thiophene rings is 1. The molecule has 0 aliphatic carbocycles. The number of hydrogen-bond acceptors (Lipinski definition) is 4. The predicted octanol–water partition coefficient (Wildman–Crippen LogP) is 2.91. The van der Waals surface area contributed by atoms with E-state index >= 15 is 0 Å². The Hall–Kier alpha value is -2.34. The maximum Gasteiger partial charge on any atom is 0.260 e. The number of carbonyl (C=O) groups excluding carboxylic acids is 2. The van der Waals surface area contributed by atoms with E-state index in [2.05, 4.69) is 0 Å². The van der Waals surface area contributed by atoms with Crippen molar-refractivity contribution in [2.75, 3.05) is 25.1 Å². The number of nitrogens with zero attached hydrogens (tertiary/aromatic N) is 2. The number of hydrogen-bond donors (Lipinski definition) is 0. The number of benzene rings is 1. The number of anilines is 1. The fourth-order valence-corrected chi connectivity index (χ4v) is 3.38. The number of carbonyl (C=O) groups is 2. The van der Waals surface area contributed by atoms with Crippen LogP contribution >= 0.6 is 11.3 Å². The molecule has 0 N–H and O–H groups in total. The van der Waals surface area contributed by atoms with Crippen molar-refractivity contribution in [2.45, 2.75) is 19.4 Å². The van der Waals surface area contributed by atoms with E-state index in [0.717, 1.165) is 23.5 Å². The van der Waals surface area contributed by atoms with Gasteiger partial charge in [-0.15, -0.1) is 11.3 Å². The van der Waals surface area contributed by atoms with Crippen molar-refractivity contribution in [3.63, 3.8) is 0 Å². The number of amides is 2. The molecule has 0 bridgehead atoms. The number of ether oxygens (including phenoxy) is 1. The standard InChI is InChI=1S/C18H20N2O3S/c1-19(12-16-4-3-11-24-16)18(22)13-23-15-8-6-14(7-9-15)20-10-2-5-17(20)21/h3-4,6-9,11H,2,5,10,12-13H2,1H3. The topological polar surface area (TPSA) is 49.9 Å². The SMILES string of the molecule is CN(Cc1cccs1)C(=O)COc1ccc(N2CCCC2=O)cc1. The lowest BCUT2D eigenvalue weighted by molar-refractivity contribution is -0.132. The number of likely N-dealkylation sites (N-methyl/N-ethyl adjacent to an activating group) is 1. The van der Waals surface area contributed by atoms with Crippen LogP contribution in [0.2, 0.25) is 0 Å². The largest absolute Gasteiger partial charge is 0.484 e. The monoisotopic (exact) mass is 344 g/mol. The zero-order chi connectivity index (χ0) is 16.9. The van der Waals surface area contributed by atoms with E-state index in [4.69, 9.17) is 4.74 Å². The van der Waals surface area contributed by atoms with Crippen molar-refractivity contribution < 1.29 is 14.3 Å². The summed E-state index contributed by atoms with van der Waals surface area (Å²) in [4.78, 5) is 28.4. The van der Waals surface area contributed by atoms with Crippen LogP contribution in [-0.2, 0) is 16.1 Å². The Kier molecular flexibility index (Phi) is 5.15. The van der Waals surface area contributed by atoms with Gasteiger partial charge in [-0.2, -0.15) is 0 Å². The average molecular weight is 344 g/mol. The third-order valence-electron chi connectivity index (χ3n) is 3.98. The van der Waals surface area contributed by atoms with Crippen LogP contribution in [0.4, 0.5) is 5.69 Å². The Morgan fingerprint density at radius 1 is 1.29 bits per heavy atom. The summed E-state index contributed by atoms with van der Waals surface area (Å²) in [6, 6.07) is 11.3. The summed E-state index contributed by atoms with van der Waals surface area (Å²) in [7, 11) is 1.77. The first-order valence-corrected chi connectivity index (χ1v) is 8.81. The van der Waals surface area contributed by atoms with Gasteiger partial charge in [0.1, 0.15) is 5.75 Å². The molecule has 1 fully saturated rings. The lowest BCUT2D eigenvalue weighted by Gasteiger charge is -2.18. The van der Waals surface area contributed by atoms with Gasteiger partial charge in [-0.05, 0) is 42.1 Å². The molecule has 0 radical (unpaired) electrons. The highest BCUT2D eigenvalue weighted by molar-refractivity contribution is 7.09. The molecule has 3 rings (SSSR count). The van der Waals surface area contributed by atoms with E-state index < -0.39 is 0 Å². The molecule has 6 heteroatoms. The van der Waals surface area contributed by atoms with Gasteiger partial charge in [0.05, 0.1) is 6.54 Å². The Morgan fingerprint density at radius 2 is 2.08 bits per heavy atom. The van der Waals surface area contributed by atoms with Gasteiger partial charge >= 0.3 is 0 Å². The molecule has 0 spiro atoms. The van der Waals surface area contributed by atoms with Crippen LogP contribution in [0.1, 0.15) is 17.7 Å². The molecule has 24 heavy (non-hydrogen) atoms. The molecule has 1 saturated heterocycles. The van der Waals surface area contributed by atoms with Gasteiger partial charge < -0.3 is 14.5 Å². The van der Waals surface area contributed by atoms with Crippen LogP contribution < -0.4 is 9.64 Å². The van der Waals surface area contributed by atoms with Gasteiger partial charge in [0.15, 0.2) is 6.61 Å². The molecule has 2 heterocycles. The Morgan fingerprint density at radius 3 is 2.71 bits per heavy atom. The summed E-state index contributed by atoms with van der Waals surface area (Å²) in [6.07, 6.45) is 1.52. The van der Waals surface area contributed by atoms with Gasteiger partial charge in [0, 0.05) is 30.6 Å². The van der Waals surface area contributed by atoms with Crippen molar-refractivity contribution in [3.8, 4) is 5.75 Å². The summed E-state index contributed by atoms with van der Waals surface area (Å²) in [5.41, 5.74) is 0.881. The van der Waals surface area contributed by atoms with E-state index in [1.807, 2.05) is 29.6 Å². The molecular formula is C18H20N2O3S. The Bertz CT molecular complexity index is 698. The van der Waals surface area contributed by atoms with E-state index in [1.54, 1.807) is 40.3 Å². The van der Waals surface area contributed by atoms with Crippen LogP contribution in [0.15, 0.2) is 41.8 Å². The Labute approximate surface area is 145 Å². The first-order chi connectivity index (χ1) is 11.6. The van der Waals surface area contributed by atoms with E-state index in [-0.39, 0.29) is 18.4 Å². The first kappa shape index (κ1) is 16.5. The molecular weight excluding hydrogens is 324 g/mol. The second kappa shape index (κ2) is 7.49. The quantitative estimate of drug-likeness (QED) is 0.810. The van der Waals surface area contributed by atoms with Crippen LogP contribution in [0.5, 0.6) is 5.75 Å². The predicted molar refractivity (Wildman–Crippen MR) is 94.3 cm³/mol. The van der Waals surface area contributed by atoms with Gasteiger partial charge in [-0.1, -0.05) is 6.07 Å². The third kappa shape index (κ3) is 3.94. The average Bonchev–Trinajstić information content (AvgIpc) is 3.24. The highest BCUT2D eigenvalue weighted by Gasteiger charge is 2.21. The minimum absolute atomic E-state index is 0.00384. The van der Waals surface area contributed by atoms with Crippen molar-refractivity contribution in [2.24, 2.45) is 0 Å². The molecule has 0 atom stereocenters. The van der Waals surface area contributed by atoms with Crippen LogP contribution in [0.3, 0.4) is 0 Å². The summed E-state index contributed by atoms with van der Waals surface area (Å²) in [6.45, 7) is 1.37. The zero-order valence-corrected chi connectivity index (χ0v) is 14.4. The molecule has 1 aromatic carbocycles. The van der Waals surface area contributed by atoms with Crippen LogP contribution in [-0.4, -0.2) is 36.9 Å². The van der Waals surface area contributed by atoms with Crippen LogP contribution in [0.25, 0.3) is 0 Å². The molecule has 126 valence electrons. The smallest absolute Gasteiger partial charge is 0.260 e. The third-order valence-corrected chi connectivity index (χ3v) is 4.84. The van der Waals surface area contributed by atoms with Gasteiger partial charge in [0.25, 0.3) is 5.91 Å². The lowest BCUT2D eigenvalue weighted by Crippen LogP contribution is -2.30. The molecule has 1 aliphatic heterocycles. The lowest BCUT2D eigenvalue weighted by atomic mass is 10.3. The second-order valence-corrected chi connectivity index (χ2v) is 6.79. The van der Waals surface area contributed by atoms with E-state index in [1.165, 1.54) is 0 Å². The fourth-order valence-electron chi connectivity index (χ4n) is 2.62. The van der Waals surface area contributed by atoms with Gasteiger partial charge in [-0.25, -0.2) is 0 Å². The zero-order valence-electron chi connectivity index (χ0n) is 13.6. The molecule has 2 amide bonds. The maximum absolute atomic E-state index is 12.1. The second-order valence-electron chi connectivity index (χ2n) is 5.76. The fraction of sp³-hybridized carbons (Fsp3) is 0.333. The maximum atomic E-state index is 12.1. The van der Waals surface area contributed by atoms with Crippen LogP contribution in [0, 0.1) is 0 Å². The molecule has 5 nitrogen and oxygen atoms in total. The van der Waals surface area contributed by atoms with Gasteiger partial charge in [-0.3, -0.25) is 9.59 Å². The molecule has 1 aliphatic rings. The Balaban J connectivity index is 1.51. The highest BCUT2D eigenvalue weighted by Crippen LogP contribution is 2.23. The summed E-state index contributed by atoms with van der Waals surface area (Å²) < 4.78 is 5.56. The summed E-state index contributed by atoms with van der Waals surface area (Å²) >= 11 is 1.63. The normalized spacial score (nSPS) is 14.0. The minimum Gasteiger partial charge on any atom is -0.484 e. The first-order valence-electron chi connectivity index (χ1n) is 7.93.